The van der Waals surface area contributed by atoms with Gasteiger partial charge >= 0.3 is 15.0 Å². The Kier molecular flexibility index (Phi) is 6.27. The Labute approximate surface area is 188 Å². The van der Waals surface area contributed by atoms with E-state index in [-0.39, 0.29) is 0 Å². The lowest BCUT2D eigenvalue weighted by atomic mass is 9.81. The summed E-state index contributed by atoms with van der Waals surface area (Å²) in [5.41, 5.74) is 4.24. The monoisotopic (exact) mass is 422 g/mol. The molecule has 3 rings (SSSR count). The number of hydrogen-bond acceptors (Lipinski definition) is 4. The third kappa shape index (κ3) is 5.09. The molecule has 1 aliphatic carbocycles. The van der Waals surface area contributed by atoms with Crippen LogP contribution in [0.4, 0.5) is 0 Å². The zero-order valence-corrected chi connectivity index (χ0v) is 20.3. The summed E-state index contributed by atoms with van der Waals surface area (Å²) in [6, 6.07) is 13.0. The average Bonchev–Trinajstić information content (AvgIpc) is 3.00. The van der Waals surface area contributed by atoms with Gasteiger partial charge in [-0.05, 0) is 84.1 Å². The predicted molar refractivity (Wildman–Crippen MR) is 131 cm³/mol. The van der Waals surface area contributed by atoms with E-state index in [0.717, 1.165) is 17.3 Å². The Morgan fingerprint density at radius 3 is 1.32 bits per heavy atom. The second-order valence-corrected chi connectivity index (χ2v) is 10.9. The molecule has 4 nitrogen and oxygen atoms in total. The number of rotatable bonds is 8. The van der Waals surface area contributed by atoms with Gasteiger partial charge in [-0.25, -0.2) is 0 Å². The first-order valence-corrected chi connectivity index (χ1v) is 11.1. The van der Waals surface area contributed by atoms with Gasteiger partial charge in [0.25, 0.3) is 0 Å². The van der Waals surface area contributed by atoms with Crippen LogP contribution in [0.2, 0.25) is 0 Å². The molecule has 0 saturated heterocycles. The van der Waals surface area contributed by atoms with Crippen LogP contribution in [0.3, 0.4) is 0 Å². The Bertz CT molecular complexity index is 875. The summed E-state index contributed by atoms with van der Waals surface area (Å²) < 4.78 is 12.1. The predicted octanol–water partition coefficient (Wildman–Crippen LogP) is 2.34. The summed E-state index contributed by atoms with van der Waals surface area (Å²) in [7, 11) is 0.928. The van der Waals surface area contributed by atoms with Crippen LogP contribution < -0.4 is 10.9 Å². The van der Waals surface area contributed by atoms with Gasteiger partial charge in [0.2, 0.25) is 0 Å². The van der Waals surface area contributed by atoms with Crippen molar-refractivity contribution < 1.29 is 19.5 Å². The molecule has 1 aliphatic rings. The van der Waals surface area contributed by atoms with Gasteiger partial charge in [-0.2, -0.15) is 0 Å². The maximum absolute atomic E-state index is 10.3. The Morgan fingerprint density at radius 1 is 0.645 bits per heavy atom. The minimum atomic E-state index is -0.918. The zero-order chi connectivity index (χ0) is 23.2. The quantitative estimate of drug-likeness (QED) is 0.548. The molecule has 2 aromatic rings. The van der Waals surface area contributed by atoms with Crippen molar-refractivity contribution in [3.05, 3.63) is 47.5 Å². The largest absolute Gasteiger partial charge is 0.427 e. The van der Waals surface area contributed by atoms with Crippen molar-refractivity contribution in [2.45, 2.75) is 84.2 Å². The third-order valence-electron chi connectivity index (χ3n) is 7.16. The highest BCUT2D eigenvalue weighted by molar-refractivity contribution is 6.47. The Morgan fingerprint density at radius 2 is 1.00 bits per heavy atom. The van der Waals surface area contributed by atoms with E-state index in [1.165, 1.54) is 22.3 Å². The van der Waals surface area contributed by atoms with Gasteiger partial charge in [0, 0.05) is 0 Å². The molecular weight excluding hydrogens is 386 g/mol. The average molecular weight is 422 g/mol. The molecule has 0 radical (unpaired) electrons. The van der Waals surface area contributed by atoms with E-state index in [1.807, 2.05) is 27.7 Å². The van der Waals surface area contributed by atoms with Gasteiger partial charge in [-0.1, -0.05) is 47.3 Å². The molecule has 0 saturated carbocycles. The van der Waals surface area contributed by atoms with Crippen molar-refractivity contribution in [2.75, 3.05) is 0 Å². The van der Waals surface area contributed by atoms with Crippen LogP contribution >= 0.6 is 0 Å². The van der Waals surface area contributed by atoms with Gasteiger partial charge in [0.1, 0.15) is 0 Å². The summed E-state index contributed by atoms with van der Waals surface area (Å²) >= 11 is 0. The van der Waals surface area contributed by atoms with Crippen molar-refractivity contribution in [1.82, 2.24) is 0 Å². The SMILES string of the molecule is CC(C)(O)C(C)(C)OBc1ccc2c(c1)Cc1cc(BOC(C)(C)C(C)(C)O)ccc1-2. The zero-order valence-electron chi connectivity index (χ0n) is 20.3. The van der Waals surface area contributed by atoms with E-state index in [4.69, 9.17) is 9.31 Å². The molecule has 6 heteroatoms. The van der Waals surface area contributed by atoms with Crippen molar-refractivity contribution >= 4 is 25.9 Å². The molecule has 0 heterocycles. The molecule has 166 valence electrons. The highest BCUT2D eigenvalue weighted by Gasteiger charge is 2.36. The summed E-state index contributed by atoms with van der Waals surface area (Å²) in [5, 5.41) is 20.6. The van der Waals surface area contributed by atoms with Crippen LogP contribution in [0.1, 0.15) is 66.5 Å². The van der Waals surface area contributed by atoms with Gasteiger partial charge in [-0.15, -0.1) is 0 Å². The molecule has 2 N–H and O–H groups in total. The fourth-order valence-corrected chi connectivity index (χ4v) is 3.38. The smallest absolute Gasteiger partial charge is 0.309 e. The van der Waals surface area contributed by atoms with Crippen LogP contribution in [-0.2, 0) is 15.7 Å². The fourth-order valence-electron chi connectivity index (χ4n) is 3.38. The van der Waals surface area contributed by atoms with Crippen molar-refractivity contribution in [2.24, 2.45) is 0 Å². The van der Waals surface area contributed by atoms with Gasteiger partial charge in [0.15, 0.2) is 0 Å². The molecule has 0 bridgehead atoms. The van der Waals surface area contributed by atoms with Gasteiger partial charge in [0.05, 0.1) is 22.4 Å². The summed E-state index contributed by atoms with van der Waals surface area (Å²) in [4.78, 5) is 0. The van der Waals surface area contributed by atoms with Gasteiger partial charge in [-0.3, -0.25) is 0 Å². The van der Waals surface area contributed by atoms with Crippen molar-refractivity contribution in [1.29, 1.82) is 0 Å². The molecule has 0 amide bonds. The fraction of sp³-hybridized carbons (Fsp3) is 0.520. The molecule has 0 fully saturated rings. The second-order valence-electron chi connectivity index (χ2n) is 10.9. The van der Waals surface area contributed by atoms with Crippen molar-refractivity contribution in [3.8, 4) is 11.1 Å². The molecule has 0 spiro atoms. The summed E-state index contributed by atoms with van der Waals surface area (Å²) in [6.45, 7) is 14.8. The number of hydrogen-bond donors (Lipinski definition) is 2. The Hall–Kier alpha value is -1.59. The third-order valence-corrected chi connectivity index (χ3v) is 7.16. The molecule has 0 aromatic heterocycles. The molecule has 0 aliphatic heterocycles. The maximum Gasteiger partial charge on any atom is 0.309 e. The highest BCUT2D eigenvalue weighted by Crippen LogP contribution is 2.35. The van der Waals surface area contributed by atoms with E-state index in [2.05, 4.69) is 36.4 Å². The summed E-state index contributed by atoms with van der Waals surface area (Å²) in [6.07, 6.45) is 0.885. The van der Waals surface area contributed by atoms with E-state index in [1.54, 1.807) is 27.7 Å². The van der Waals surface area contributed by atoms with Crippen LogP contribution in [0.5, 0.6) is 0 Å². The second kappa shape index (κ2) is 8.08. The lowest BCUT2D eigenvalue weighted by molar-refractivity contribution is -0.0893. The van der Waals surface area contributed by atoms with Crippen LogP contribution in [0, 0.1) is 0 Å². The van der Waals surface area contributed by atoms with Crippen LogP contribution in [0.15, 0.2) is 36.4 Å². The summed E-state index contributed by atoms with van der Waals surface area (Å²) in [5.74, 6) is 0. The van der Waals surface area contributed by atoms with Crippen molar-refractivity contribution in [3.63, 3.8) is 0 Å². The molecule has 0 atom stereocenters. The minimum Gasteiger partial charge on any atom is -0.427 e. The topological polar surface area (TPSA) is 58.9 Å². The molecular formula is C25H36B2O4. The standard InChI is InChI=1S/C25H36B2O4/c1-22(2,28)24(5,6)30-26-18-9-11-20-16(14-18)13-17-15-19(10-12-21(17)20)27-31-25(7,8)23(3,4)29/h9-12,14-15,26-29H,13H2,1-8H3. The Balaban J connectivity index is 1.71. The normalized spacial score (nSPS) is 14.3. The van der Waals surface area contributed by atoms with E-state index < -0.39 is 22.4 Å². The molecule has 2 aromatic carbocycles. The maximum atomic E-state index is 10.3. The highest BCUT2D eigenvalue weighted by atomic mass is 16.5. The minimum absolute atomic E-state index is 0.464. The van der Waals surface area contributed by atoms with Crippen LogP contribution in [-0.4, -0.2) is 47.6 Å². The first-order chi connectivity index (χ1) is 14.1. The molecule has 31 heavy (non-hydrogen) atoms. The van der Waals surface area contributed by atoms with Gasteiger partial charge < -0.3 is 19.5 Å². The lowest BCUT2D eigenvalue weighted by Gasteiger charge is -2.37. The number of aliphatic hydroxyl groups is 2. The lowest BCUT2D eigenvalue weighted by Crippen LogP contribution is -2.49. The van der Waals surface area contributed by atoms with E-state index in [9.17, 15) is 10.2 Å². The first kappa shape index (κ1) is 24.1. The van der Waals surface area contributed by atoms with E-state index >= 15 is 0 Å². The van der Waals surface area contributed by atoms with E-state index in [0.29, 0.717) is 15.0 Å². The van der Waals surface area contributed by atoms with Crippen LogP contribution in [0.25, 0.3) is 11.1 Å². The number of fused-ring (bicyclic) bond motifs is 3. The first-order valence-electron chi connectivity index (χ1n) is 11.1. The molecule has 0 unspecified atom stereocenters. The number of benzene rings is 2.